The molecule has 2 aliphatic rings. The number of alkyl halides is 3. The van der Waals surface area contributed by atoms with Crippen molar-refractivity contribution in [1.82, 2.24) is 20.5 Å². The Hall–Kier alpha value is -7.36. The van der Waals surface area contributed by atoms with Crippen LogP contribution in [0.1, 0.15) is 75.4 Å². The third kappa shape index (κ3) is 10.8. The van der Waals surface area contributed by atoms with E-state index >= 15 is 0 Å². The van der Waals surface area contributed by atoms with Crippen LogP contribution in [0.5, 0.6) is 11.5 Å². The normalized spacial score (nSPS) is 16.2. The number of nitrogens with one attached hydrogen (secondary N) is 2. The number of nitriles is 1. The number of amides is 4. The van der Waals surface area contributed by atoms with E-state index in [1.807, 2.05) is 87.8 Å². The van der Waals surface area contributed by atoms with Crippen molar-refractivity contribution >= 4 is 74.4 Å². The third-order valence-corrected chi connectivity index (χ3v) is 14.1. The first kappa shape index (κ1) is 51.0. The molecule has 13 nitrogen and oxygen atoms in total. The molecule has 0 bridgehead atoms. The third-order valence-electron chi connectivity index (χ3n) is 12.8. The Morgan fingerprint density at radius 2 is 1.57 bits per heavy atom. The molecule has 372 valence electrons. The largest absolute Gasteiger partial charge is 0.489 e. The molecule has 0 aliphatic carbocycles. The van der Waals surface area contributed by atoms with Gasteiger partial charge in [0, 0.05) is 18.8 Å². The number of carbonyl (C=O) groups excluding carboxylic acids is 4. The lowest BCUT2D eigenvalue weighted by Crippen LogP contribution is -2.58. The number of anilines is 2. The van der Waals surface area contributed by atoms with Crippen molar-refractivity contribution in [2.24, 2.45) is 5.41 Å². The van der Waals surface area contributed by atoms with Crippen molar-refractivity contribution in [3.63, 3.8) is 0 Å². The number of likely N-dealkylation sites (tertiary alicyclic amines) is 1. The number of halogens is 3. The SMILES string of the molecule is Cc1ncsc1-c1ccc(CNC(=O)[C@@H]2CCCN2C(=O)[C@@H](NC(=O)COc2ccc3cc(COc4ccc(N5C(=S)N(c6ccc(C#N)c(C(F)(F)F)c6)C(=O)C5(C)C)cc4)ccc3c2)C(C)(C)C)cc1. The number of fused-ring (bicyclic) bond motifs is 1. The zero-order valence-corrected chi connectivity index (χ0v) is 42.1. The average molecular weight is 1020 g/mol. The first-order valence-electron chi connectivity index (χ1n) is 23.2. The summed E-state index contributed by atoms with van der Waals surface area (Å²) < 4.78 is 53.4. The van der Waals surface area contributed by atoms with Crippen molar-refractivity contribution in [3.05, 3.63) is 137 Å². The van der Waals surface area contributed by atoms with Gasteiger partial charge in [-0.25, -0.2) is 4.98 Å². The lowest BCUT2D eigenvalue weighted by Gasteiger charge is -2.35. The smallest absolute Gasteiger partial charge is 0.417 e. The molecule has 2 aliphatic heterocycles. The van der Waals surface area contributed by atoms with Crippen LogP contribution in [0.25, 0.3) is 21.2 Å². The summed E-state index contributed by atoms with van der Waals surface area (Å²) in [5.74, 6) is -0.591. The van der Waals surface area contributed by atoms with E-state index < -0.39 is 52.2 Å². The number of aromatic nitrogens is 1. The van der Waals surface area contributed by atoms with Crippen LogP contribution in [0.15, 0.2) is 109 Å². The maximum Gasteiger partial charge on any atom is 0.417 e. The van der Waals surface area contributed by atoms with Crippen LogP contribution in [0.4, 0.5) is 24.5 Å². The lowest BCUT2D eigenvalue weighted by molar-refractivity contribution is -0.144. The molecule has 0 unspecified atom stereocenters. The van der Waals surface area contributed by atoms with Gasteiger partial charge in [-0.05, 0) is 139 Å². The molecule has 2 N–H and O–H groups in total. The maximum absolute atomic E-state index is 14.1. The summed E-state index contributed by atoms with van der Waals surface area (Å²) in [4.78, 5) is 64.2. The fourth-order valence-corrected chi connectivity index (χ4v) is 10.2. The molecule has 6 aromatic rings. The average Bonchev–Trinajstić information content (AvgIpc) is 4.06. The topological polar surface area (TPSA) is 157 Å². The van der Waals surface area contributed by atoms with Crippen molar-refractivity contribution in [2.45, 2.75) is 91.3 Å². The number of rotatable bonds is 14. The second-order valence-corrected chi connectivity index (χ2v) is 20.5. The molecule has 5 aromatic carbocycles. The highest BCUT2D eigenvalue weighted by Gasteiger charge is 2.51. The van der Waals surface area contributed by atoms with Crippen LogP contribution in [0.3, 0.4) is 0 Å². The molecular formula is C54H52F3N7O6S2. The van der Waals surface area contributed by atoms with Crippen LogP contribution in [0.2, 0.25) is 0 Å². The number of hydrogen-bond acceptors (Lipinski definition) is 10. The first-order valence-corrected chi connectivity index (χ1v) is 24.5. The molecular weight excluding hydrogens is 964 g/mol. The van der Waals surface area contributed by atoms with Crippen LogP contribution in [0, 0.1) is 23.7 Å². The summed E-state index contributed by atoms with van der Waals surface area (Å²) in [5, 5.41) is 16.9. The number of carbonyl (C=O) groups is 4. The molecule has 72 heavy (non-hydrogen) atoms. The van der Waals surface area contributed by atoms with Gasteiger partial charge in [-0.2, -0.15) is 18.4 Å². The Kier molecular flexibility index (Phi) is 14.5. The van der Waals surface area contributed by atoms with Crippen molar-refractivity contribution in [2.75, 3.05) is 23.0 Å². The number of thiocarbonyl (C=S) groups is 1. The van der Waals surface area contributed by atoms with E-state index in [9.17, 15) is 37.6 Å². The van der Waals surface area contributed by atoms with Gasteiger partial charge < -0.3 is 29.9 Å². The number of benzene rings is 5. The van der Waals surface area contributed by atoms with E-state index in [4.69, 9.17) is 21.7 Å². The fraction of sp³-hybridized carbons (Fsp3) is 0.315. The van der Waals surface area contributed by atoms with Gasteiger partial charge in [0.05, 0.1) is 39.0 Å². The van der Waals surface area contributed by atoms with Crippen LogP contribution in [-0.4, -0.2) is 69.4 Å². The lowest BCUT2D eigenvalue weighted by atomic mass is 9.85. The van der Waals surface area contributed by atoms with Gasteiger partial charge in [0.2, 0.25) is 11.8 Å². The van der Waals surface area contributed by atoms with Crippen LogP contribution >= 0.6 is 23.6 Å². The second-order valence-electron chi connectivity index (χ2n) is 19.3. The van der Waals surface area contributed by atoms with Crippen molar-refractivity contribution in [3.8, 4) is 28.0 Å². The van der Waals surface area contributed by atoms with Gasteiger partial charge in [0.25, 0.3) is 11.8 Å². The Balaban J connectivity index is 0.837. The molecule has 18 heteroatoms. The number of ether oxygens (including phenoxy) is 2. The molecule has 4 amide bonds. The zero-order valence-electron chi connectivity index (χ0n) is 40.4. The predicted molar refractivity (Wildman–Crippen MR) is 273 cm³/mol. The molecule has 1 aromatic heterocycles. The standard InChI is InChI=1S/C54H52F3N7O6S2/c1-32-46(72-31-60-32)35-12-9-33(10-13-35)28-59-48(66)44-8-7-23-62(44)49(67)47(52(2,3)4)61-45(65)30-70-42-20-16-36-24-34(11-14-37(36)25-42)29-69-41-21-18-39(19-22-41)64-51(71)63(50(68)53(64,5)6)40-17-15-38(27-58)43(26-40)54(55,56)57/h9-22,24-26,31,44,47H,7-8,23,28-30H2,1-6H3,(H,59,66)(H,61,65)/t44-,47+/m0/s1. The van der Waals surface area contributed by atoms with E-state index in [0.29, 0.717) is 43.1 Å². The zero-order chi connectivity index (χ0) is 51.7. The van der Waals surface area contributed by atoms with E-state index in [1.54, 1.807) is 71.4 Å². The quantitative estimate of drug-likeness (QED) is 0.101. The van der Waals surface area contributed by atoms with Crippen LogP contribution < -0.4 is 29.9 Å². The Labute approximate surface area is 424 Å². The van der Waals surface area contributed by atoms with Gasteiger partial charge in [-0.1, -0.05) is 63.2 Å². The predicted octanol–water partition coefficient (Wildman–Crippen LogP) is 9.87. The minimum Gasteiger partial charge on any atom is -0.489 e. The van der Waals surface area contributed by atoms with E-state index in [1.165, 1.54) is 6.07 Å². The van der Waals surface area contributed by atoms with E-state index in [0.717, 1.165) is 55.1 Å². The number of aryl methyl sites for hydroxylation is 1. The number of thiazole rings is 1. The summed E-state index contributed by atoms with van der Waals surface area (Å²) >= 11 is 7.24. The van der Waals surface area contributed by atoms with Gasteiger partial charge in [0.1, 0.15) is 35.7 Å². The Bertz CT molecular complexity index is 3110. The molecule has 8 rings (SSSR count). The minimum absolute atomic E-state index is 0.0158. The number of hydrogen-bond donors (Lipinski definition) is 2. The maximum atomic E-state index is 14.1. The summed E-state index contributed by atoms with van der Waals surface area (Å²) in [6.07, 6.45) is -3.63. The Morgan fingerprint density at radius 3 is 2.24 bits per heavy atom. The van der Waals surface area contributed by atoms with Crippen LogP contribution in [-0.2, 0) is 38.5 Å². The van der Waals surface area contributed by atoms with Crippen molar-refractivity contribution < 1.29 is 41.8 Å². The van der Waals surface area contributed by atoms with E-state index in [-0.39, 0.29) is 35.8 Å². The summed E-state index contributed by atoms with van der Waals surface area (Å²) in [6, 6.07) is 29.1. The van der Waals surface area contributed by atoms with Gasteiger partial charge in [-0.3, -0.25) is 24.1 Å². The highest BCUT2D eigenvalue weighted by atomic mass is 32.1. The van der Waals surface area contributed by atoms with Gasteiger partial charge in [-0.15, -0.1) is 11.3 Å². The summed E-state index contributed by atoms with van der Waals surface area (Å²) in [6.45, 7) is 11.4. The number of nitrogens with zero attached hydrogens (tertiary/aromatic N) is 5. The van der Waals surface area contributed by atoms with E-state index in [2.05, 4.69) is 15.6 Å². The monoisotopic (exact) mass is 1020 g/mol. The molecule has 0 radical (unpaired) electrons. The minimum atomic E-state index is -4.81. The van der Waals surface area contributed by atoms with Crippen molar-refractivity contribution in [1.29, 1.82) is 5.26 Å². The molecule has 2 atom stereocenters. The van der Waals surface area contributed by atoms with Gasteiger partial charge >= 0.3 is 6.18 Å². The molecule has 3 heterocycles. The molecule has 2 fully saturated rings. The highest BCUT2D eigenvalue weighted by Crippen LogP contribution is 2.40. The molecule has 0 spiro atoms. The first-order chi connectivity index (χ1) is 34.1. The summed E-state index contributed by atoms with van der Waals surface area (Å²) in [5.41, 5.74) is 2.45. The molecule has 0 saturated carbocycles. The second kappa shape index (κ2) is 20.4. The highest BCUT2D eigenvalue weighted by molar-refractivity contribution is 7.81. The fourth-order valence-electron chi connectivity index (χ4n) is 8.90. The Morgan fingerprint density at radius 1 is 0.903 bits per heavy atom. The van der Waals surface area contributed by atoms with Gasteiger partial charge in [0.15, 0.2) is 11.7 Å². The molecule has 2 saturated heterocycles. The summed E-state index contributed by atoms with van der Waals surface area (Å²) in [7, 11) is 0.